The van der Waals surface area contributed by atoms with Crippen LogP contribution in [0.5, 0.6) is 0 Å². The van der Waals surface area contributed by atoms with Crippen LogP contribution in [0.4, 0.5) is 0 Å². The van der Waals surface area contributed by atoms with Crippen molar-refractivity contribution in [1.82, 2.24) is 9.55 Å². The molecule has 1 rings (SSSR count). The average Bonchev–Trinajstić information content (AvgIpc) is 2.65. The number of nitrogens with two attached hydrogens (primary N) is 1. The topological polar surface area (TPSA) is 53.1 Å². The fourth-order valence-corrected chi connectivity index (χ4v) is 1.56. The van der Waals surface area contributed by atoms with Gasteiger partial charge in [-0.25, -0.2) is 4.98 Å². The second-order valence-corrected chi connectivity index (χ2v) is 4.44. The number of hydrogen-bond donors (Lipinski definition) is 1. The molecular weight excluding hydrogens is 202 g/mol. The first-order chi connectivity index (χ1) is 7.74. The van der Waals surface area contributed by atoms with Gasteiger partial charge in [0.2, 0.25) is 0 Å². The molecule has 0 radical (unpaired) electrons. The molecule has 0 fully saturated rings. The molecule has 92 valence electrons. The van der Waals surface area contributed by atoms with Gasteiger partial charge in [-0.05, 0) is 18.9 Å². The predicted molar refractivity (Wildman–Crippen MR) is 65.3 cm³/mol. The minimum atomic E-state index is 0.612. The zero-order valence-electron chi connectivity index (χ0n) is 10.4. The van der Waals surface area contributed by atoms with Crippen molar-refractivity contribution in [3.8, 4) is 0 Å². The van der Waals surface area contributed by atoms with Gasteiger partial charge in [0.25, 0.3) is 0 Å². The summed E-state index contributed by atoms with van der Waals surface area (Å²) in [6.07, 6.45) is 5.68. The monoisotopic (exact) mass is 225 g/mol. The molecule has 0 unspecified atom stereocenters. The standard InChI is InChI=1S/C12H23N3O/c1-11(2)9-16-7-3-6-15-10-14-8-12(15)4-5-13/h8,10-11H,3-7,9,13H2,1-2H3. The first kappa shape index (κ1) is 13.2. The van der Waals surface area contributed by atoms with E-state index in [-0.39, 0.29) is 0 Å². The van der Waals surface area contributed by atoms with E-state index in [0.717, 1.165) is 32.6 Å². The summed E-state index contributed by atoms with van der Waals surface area (Å²) in [5.74, 6) is 0.612. The molecule has 0 saturated heterocycles. The third-order valence-electron chi connectivity index (χ3n) is 2.34. The lowest BCUT2D eigenvalue weighted by atomic mass is 10.2. The Morgan fingerprint density at radius 2 is 2.31 bits per heavy atom. The molecule has 4 nitrogen and oxygen atoms in total. The Labute approximate surface area is 97.8 Å². The largest absolute Gasteiger partial charge is 0.381 e. The third kappa shape index (κ3) is 4.77. The highest BCUT2D eigenvalue weighted by Crippen LogP contribution is 2.02. The van der Waals surface area contributed by atoms with Crippen LogP contribution in [0.2, 0.25) is 0 Å². The first-order valence-electron chi connectivity index (χ1n) is 6.01. The van der Waals surface area contributed by atoms with Crippen molar-refractivity contribution in [3.05, 3.63) is 18.2 Å². The van der Waals surface area contributed by atoms with Gasteiger partial charge in [0.15, 0.2) is 0 Å². The van der Waals surface area contributed by atoms with Gasteiger partial charge in [-0.15, -0.1) is 0 Å². The van der Waals surface area contributed by atoms with Gasteiger partial charge in [-0.3, -0.25) is 0 Å². The van der Waals surface area contributed by atoms with Crippen LogP contribution in [0.15, 0.2) is 12.5 Å². The first-order valence-corrected chi connectivity index (χ1v) is 6.01. The smallest absolute Gasteiger partial charge is 0.0948 e. The zero-order valence-corrected chi connectivity index (χ0v) is 10.4. The fraction of sp³-hybridized carbons (Fsp3) is 0.750. The molecule has 0 aliphatic heterocycles. The molecule has 0 atom stereocenters. The summed E-state index contributed by atoms with van der Waals surface area (Å²) in [5.41, 5.74) is 6.75. The zero-order chi connectivity index (χ0) is 11.8. The van der Waals surface area contributed by atoms with Crippen LogP contribution in [0.25, 0.3) is 0 Å². The molecule has 2 N–H and O–H groups in total. The molecular formula is C12H23N3O. The van der Waals surface area contributed by atoms with Crippen molar-refractivity contribution in [2.75, 3.05) is 19.8 Å². The van der Waals surface area contributed by atoms with Gasteiger partial charge in [0, 0.05) is 38.1 Å². The van der Waals surface area contributed by atoms with Crippen molar-refractivity contribution >= 4 is 0 Å². The van der Waals surface area contributed by atoms with Crippen LogP contribution >= 0.6 is 0 Å². The van der Waals surface area contributed by atoms with E-state index in [4.69, 9.17) is 10.5 Å². The minimum absolute atomic E-state index is 0.612. The molecule has 0 saturated carbocycles. The molecule has 0 amide bonds. The maximum atomic E-state index is 5.53. The van der Waals surface area contributed by atoms with Gasteiger partial charge in [-0.2, -0.15) is 0 Å². The molecule has 0 spiro atoms. The lowest BCUT2D eigenvalue weighted by Crippen LogP contribution is -2.10. The number of ether oxygens (including phenoxy) is 1. The Balaban J connectivity index is 2.18. The second kappa shape index (κ2) is 7.41. The van der Waals surface area contributed by atoms with Crippen molar-refractivity contribution in [2.45, 2.75) is 33.2 Å². The number of imidazole rings is 1. The van der Waals surface area contributed by atoms with Gasteiger partial charge in [0.05, 0.1) is 6.33 Å². The Hall–Kier alpha value is -0.870. The summed E-state index contributed by atoms with van der Waals surface area (Å²) in [4.78, 5) is 4.13. The van der Waals surface area contributed by atoms with Crippen LogP contribution in [-0.2, 0) is 17.7 Å². The molecule has 1 aromatic rings. The van der Waals surface area contributed by atoms with E-state index in [1.165, 1.54) is 5.69 Å². The summed E-state index contributed by atoms with van der Waals surface area (Å²) in [6, 6.07) is 0. The third-order valence-corrected chi connectivity index (χ3v) is 2.34. The number of nitrogens with zero attached hydrogens (tertiary/aromatic N) is 2. The lowest BCUT2D eigenvalue weighted by Gasteiger charge is -2.09. The number of hydrogen-bond acceptors (Lipinski definition) is 3. The quantitative estimate of drug-likeness (QED) is 0.681. The van der Waals surface area contributed by atoms with E-state index in [9.17, 15) is 0 Å². The van der Waals surface area contributed by atoms with Crippen molar-refractivity contribution in [3.63, 3.8) is 0 Å². The Morgan fingerprint density at radius 3 is 3.00 bits per heavy atom. The Bertz CT molecular complexity index is 284. The normalized spacial score (nSPS) is 11.2. The highest BCUT2D eigenvalue weighted by Gasteiger charge is 2.00. The molecule has 16 heavy (non-hydrogen) atoms. The van der Waals surface area contributed by atoms with Gasteiger partial charge in [-0.1, -0.05) is 13.8 Å². The van der Waals surface area contributed by atoms with E-state index < -0.39 is 0 Å². The molecule has 0 aromatic carbocycles. The maximum Gasteiger partial charge on any atom is 0.0948 e. The summed E-state index contributed by atoms with van der Waals surface area (Å²) in [5, 5.41) is 0. The van der Waals surface area contributed by atoms with Crippen LogP contribution in [0, 0.1) is 5.92 Å². The van der Waals surface area contributed by atoms with Crippen molar-refractivity contribution < 1.29 is 4.74 Å². The lowest BCUT2D eigenvalue weighted by molar-refractivity contribution is 0.105. The predicted octanol–water partition coefficient (Wildman–Crippen LogP) is 1.45. The van der Waals surface area contributed by atoms with Gasteiger partial charge in [0.1, 0.15) is 0 Å². The van der Waals surface area contributed by atoms with Gasteiger partial charge < -0.3 is 15.0 Å². The van der Waals surface area contributed by atoms with Crippen molar-refractivity contribution in [1.29, 1.82) is 0 Å². The Kier molecular flexibility index (Phi) is 6.11. The minimum Gasteiger partial charge on any atom is -0.381 e. The number of rotatable bonds is 8. The molecule has 1 aromatic heterocycles. The van der Waals surface area contributed by atoms with E-state index >= 15 is 0 Å². The molecule has 1 heterocycles. The SMILES string of the molecule is CC(C)COCCCn1cncc1CCN. The maximum absolute atomic E-state index is 5.53. The van der Waals surface area contributed by atoms with Crippen LogP contribution in [0.3, 0.4) is 0 Å². The van der Waals surface area contributed by atoms with E-state index in [2.05, 4.69) is 23.4 Å². The fourth-order valence-electron chi connectivity index (χ4n) is 1.56. The van der Waals surface area contributed by atoms with E-state index in [1.807, 2.05) is 12.5 Å². The van der Waals surface area contributed by atoms with Gasteiger partial charge >= 0.3 is 0 Å². The molecule has 4 heteroatoms. The highest BCUT2D eigenvalue weighted by atomic mass is 16.5. The van der Waals surface area contributed by atoms with Crippen LogP contribution in [-0.4, -0.2) is 29.3 Å². The summed E-state index contributed by atoms with van der Waals surface area (Å²) >= 11 is 0. The molecule has 0 aliphatic rings. The molecule has 0 aliphatic carbocycles. The average molecular weight is 225 g/mol. The summed E-state index contributed by atoms with van der Waals surface area (Å²) in [6.45, 7) is 7.63. The molecule has 0 bridgehead atoms. The summed E-state index contributed by atoms with van der Waals surface area (Å²) in [7, 11) is 0. The van der Waals surface area contributed by atoms with E-state index in [1.54, 1.807) is 0 Å². The number of aryl methyl sites for hydroxylation is 1. The van der Waals surface area contributed by atoms with E-state index in [0.29, 0.717) is 12.5 Å². The van der Waals surface area contributed by atoms with Crippen LogP contribution in [0.1, 0.15) is 26.0 Å². The second-order valence-electron chi connectivity index (χ2n) is 4.44. The summed E-state index contributed by atoms with van der Waals surface area (Å²) < 4.78 is 7.69. The highest BCUT2D eigenvalue weighted by molar-refractivity contribution is 4.98. The Morgan fingerprint density at radius 1 is 1.50 bits per heavy atom. The number of aromatic nitrogens is 2. The van der Waals surface area contributed by atoms with Crippen molar-refractivity contribution in [2.24, 2.45) is 11.7 Å². The van der Waals surface area contributed by atoms with Crippen LogP contribution < -0.4 is 5.73 Å².